The highest BCUT2D eigenvalue weighted by atomic mass is 16.2. The van der Waals surface area contributed by atoms with E-state index in [0.29, 0.717) is 11.8 Å². The molecule has 5 heteroatoms. The van der Waals surface area contributed by atoms with Gasteiger partial charge in [0.1, 0.15) is 5.82 Å². The number of amides is 1. The van der Waals surface area contributed by atoms with E-state index < -0.39 is 0 Å². The molecule has 0 atom stereocenters. The predicted octanol–water partition coefficient (Wildman–Crippen LogP) is 0.932. The Morgan fingerprint density at radius 2 is 2.20 bits per heavy atom. The van der Waals surface area contributed by atoms with Crippen LogP contribution in [0.3, 0.4) is 0 Å². The number of hydrogen-bond donors (Lipinski definition) is 2. The first kappa shape index (κ1) is 12.4. The number of imidazole rings is 1. The Morgan fingerprint density at radius 3 is 2.95 bits per heavy atom. The maximum atomic E-state index is 11.7. The molecule has 1 aliphatic heterocycles. The summed E-state index contributed by atoms with van der Waals surface area (Å²) in [5, 5.41) is 6.47. The Labute approximate surface area is 119 Å². The summed E-state index contributed by atoms with van der Waals surface area (Å²) in [4.78, 5) is 16.6. The van der Waals surface area contributed by atoms with Crippen LogP contribution in [0.25, 0.3) is 0 Å². The van der Waals surface area contributed by atoms with Gasteiger partial charge in [-0.05, 0) is 25.7 Å². The normalized spacial score (nSPS) is 21.6. The summed E-state index contributed by atoms with van der Waals surface area (Å²) in [7, 11) is 0. The van der Waals surface area contributed by atoms with Crippen molar-refractivity contribution in [2.24, 2.45) is 5.92 Å². The van der Waals surface area contributed by atoms with Crippen LogP contribution in [0.2, 0.25) is 0 Å². The van der Waals surface area contributed by atoms with E-state index in [1.54, 1.807) is 0 Å². The average molecular weight is 274 g/mol. The van der Waals surface area contributed by atoms with Crippen LogP contribution in [0.5, 0.6) is 0 Å². The third-order valence-electron chi connectivity index (χ3n) is 4.54. The summed E-state index contributed by atoms with van der Waals surface area (Å²) in [6, 6.07) is 0. The molecule has 2 fully saturated rings. The Kier molecular flexibility index (Phi) is 3.02. The highest BCUT2D eigenvalue weighted by Crippen LogP contribution is 2.40. The van der Waals surface area contributed by atoms with Crippen molar-refractivity contribution in [3.8, 4) is 0 Å². The van der Waals surface area contributed by atoms with Crippen molar-refractivity contribution in [2.75, 3.05) is 13.1 Å². The van der Waals surface area contributed by atoms with Gasteiger partial charge in [-0.2, -0.15) is 0 Å². The van der Waals surface area contributed by atoms with Crippen molar-refractivity contribution in [3.05, 3.63) is 17.2 Å². The van der Waals surface area contributed by atoms with Gasteiger partial charge in [-0.1, -0.05) is 0 Å². The molecule has 1 aromatic rings. The van der Waals surface area contributed by atoms with Crippen LogP contribution in [-0.4, -0.2) is 28.5 Å². The molecule has 0 saturated heterocycles. The first-order valence-corrected chi connectivity index (χ1v) is 7.89. The molecular formula is C15H22N4O. The molecule has 20 heavy (non-hydrogen) atoms. The Bertz CT molecular complexity index is 528. The van der Waals surface area contributed by atoms with E-state index >= 15 is 0 Å². The molecule has 0 spiro atoms. The van der Waals surface area contributed by atoms with E-state index in [0.717, 1.165) is 45.4 Å². The summed E-state index contributed by atoms with van der Waals surface area (Å²) in [5.74, 6) is 2.48. The SMILES string of the molecule is O=C(NCCn1c(C2CC2)nc2c1CCNC2)C1CC1. The second kappa shape index (κ2) is 4.88. The predicted molar refractivity (Wildman–Crippen MR) is 75.3 cm³/mol. The van der Waals surface area contributed by atoms with Crippen LogP contribution < -0.4 is 10.6 Å². The molecule has 2 saturated carbocycles. The molecule has 2 N–H and O–H groups in total. The first-order chi connectivity index (χ1) is 9.83. The lowest BCUT2D eigenvalue weighted by Crippen LogP contribution is -2.30. The molecule has 0 radical (unpaired) electrons. The smallest absolute Gasteiger partial charge is 0.223 e. The van der Waals surface area contributed by atoms with E-state index in [-0.39, 0.29) is 5.91 Å². The number of aromatic nitrogens is 2. The Balaban J connectivity index is 1.47. The third kappa shape index (κ3) is 2.35. The van der Waals surface area contributed by atoms with Crippen molar-refractivity contribution in [1.82, 2.24) is 20.2 Å². The van der Waals surface area contributed by atoms with Crippen LogP contribution >= 0.6 is 0 Å². The number of nitrogens with zero attached hydrogens (tertiary/aromatic N) is 2. The molecule has 2 heterocycles. The molecule has 5 nitrogen and oxygen atoms in total. The standard InChI is InChI=1S/C15H22N4O/c20-15(11-3-4-11)17-7-8-19-13-5-6-16-9-12(13)18-14(19)10-1-2-10/h10-11,16H,1-9H2,(H,17,20). The van der Waals surface area contributed by atoms with E-state index in [1.807, 2.05) is 0 Å². The molecule has 3 aliphatic rings. The second-order valence-corrected chi connectivity index (χ2v) is 6.28. The Morgan fingerprint density at radius 1 is 1.35 bits per heavy atom. The molecule has 108 valence electrons. The molecule has 4 rings (SSSR count). The quantitative estimate of drug-likeness (QED) is 0.840. The number of carbonyl (C=O) groups is 1. The molecular weight excluding hydrogens is 252 g/mol. The van der Waals surface area contributed by atoms with Crippen molar-refractivity contribution >= 4 is 5.91 Å². The third-order valence-corrected chi connectivity index (χ3v) is 4.54. The summed E-state index contributed by atoms with van der Waals surface area (Å²) in [6.45, 7) is 3.56. The fraction of sp³-hybridized carbons (Fsp3) is 0.733. The zero-order valence-corrected chi connectivity index (χ0v) is 11.8. The van der Waals surface area contributed by atoms with Crippen LogP contribution in [0.1, 0.15) is 48.8 Å². The van der Waals surface area contributed by atoms with Crippen molar-refractivity contribution < 1.29 is 4.79 Å². The lowest BCUT2D eigenvalue weighted by Gasteiger charge is -2.16. The minimum atomic E-state index is 0.244. The van der Waals surface area contributed by atoms with Gasteiger partial charge in [0.15, 0.2) is 0 Å². The molecule has 0 aromatic carbocycles. The van der Waals surface area contributed by atoms with Gasteiger partial charge >= 0.3 is 0 Å². The van der Waals surface area contributed by atoms with Gasteiger partial charge in [0.2, 0.25) is 5.91 Å². The molecule has 0 bridgehead atoms. The number of fused-ring (bicyclic) bond motifs is 1. The Hall–Kier alpha value is -1.36. The van der Waals surface area contributed by atoms with Crippen LogP contribution in [0.15, 0.2) is 0 Å². The molecule has 2 aliphatic carbocycles. The van der Waals surface area contributed by atoms with Gasteiger partial charge in [-0.3, -0.25) is 4.79 Å². The highest BCUT2D eigenvalue weighted by molar-refractivity contribution is 5.80. The summed E-state index contributed by atoms with van der Waals surface area (Å²) in [5.41, 5.74) is 2.62. The minimum Gasteiger partial charge on any atom is -0.354 e. The van der Waals surface area contributed by atoms with E-state index in [4.69, 9.17) is 4.98 Å². The number of nitrogens with one attached hydrogen (secondary N) is 2. The molecule has 0 unspecified atom stereocenters. The fourth-order valence-electron chi connectivity index (χ4n) is 3.08. The van der Waals surface area contributed by atoms with Crippen LogP contribution in [-0.2, 0) is 24.3 Å². The van der Waals surface area contributed by atoms with Crippen LogP contribution in [0.4, 0.5) is 0 Å². The second-order valence-electron chi connectivity index (χ2n) is 6.28. The maximum Gasteiger partial charge on any atom is 0.223 e. The van der Waals surface area contributed by atoms with Gasteiger partial charge in [-0.25, -0.2) is 4.98 Å². The number of rotatable bonds is 5. The zero-order chi connectivity index (χ0) is 13.5. The van der Waals surface area contributed by atoms with E-state index in [2.05, 4.69) is 15.2 Å². The summed E-state index contributed by atoms with van der Waals surface area (Å²) in [6.07, 6.45) is 5.76. The van der Waals surface area contributed by atoms with Crippen molar-refractivity contribution in [1.29, 1.82) is 0 Å². The monoisotopic (exact) mass is 274 g/mol. The summed E-state index contributed by atoms with van der Waals surface area (Å²) >= 11 is 0. The largest absolute Gasteiger partial charge is 0.354 e. The van der Waals surface area contributed by atoms with Gasteiger partial charge in [0.05, 0.1) is 5.69 Å². The van der Waals surface area contributed by atoms with Gasteiger partial charge in [0.25, 0.3) is 0 Å². The zero-order valence-electron chi connectivity index (χ0n) is 11.8. The number of hydrogen-bond acceptors (Lipinski definition) is 3. The highest BCUT2D eigenvalue weighted by Gasteiger charge is 2.32. The number of carbonyl (C=O) groups excluding carboxylic acids is 1. The molecule has 1 aromatic heterocycles. The maximum absolute atomic E-state index is 11.7. The minimum absolute atomic E-state index is 0.244. The lowest BCUT2D eigenvalue weighted by molar-refractivity contribution is -0.122. The average Bonchev–Trinajstić information content (AvgIpc) is 3.36. The van der Waals surface area contributed by atoms with Gasteiger partial charge in [-0.15, -0.1) is 0 Å². The lowest BCUT2D eigenvalue weighted by atomic mass is 10.2. The van der Waals surface area contributed by atoms with Crippen molar-refractivity contribution in [3.63, 3.8) is 0 Å². The van der Waals surface area contributed by atoms with Gasteiger partial charge in [0, 0.05) is 50.1 Å². The van der Waals surface area contributed by atoms with Crippen molar-refractivity contribution in [2.45, 2.75) is 51.1 Å². The van der Waals surface area contributed by atoms with Crippen LogP contribution in [0, 0.1) is 5.92 Å². The summed E-state index contributed by atoms with van der Waals surface area (Å²) < 4.78 is 2.39. The fourth-order valence-corrected chi connectivity index (χ4v) is 3.08. The van der Waals surface area contributed by atoms with E-state index in [9.17, 15) is 4.79 Å². The first-order valence-electron chi connectivity index (χ1n) is 7.89. The molecule has 1 amide bonds. The topological polar surface area (TPSA) is 59.0 Å². The van der Waals surface area contributed by atoms with E-state index in [1.165, 1.54) is 30.1 Å². The van der Waals surface area contributed by atoms with Gasteiger partial charge < -0.3 is 15.2 Å².